The van der Waals surface area contributed by atoms with Gasteiger partial charge in [-0.3, -0.25) is 0 Å². The molecule has 2 rings (SSSR count). The van der Waals surface area contributed by atoms with Crippen molar-refractivity contribution in [3.05, 3.63) is 23.8 Å². The maximum Gasteiger partial charge on any atom is 0.240 e. The van der Waals surface area contributed by atoms with Crippen LogP contribution in [0.5, 0.6) is 0 Å². The van der Waals surface area contributed by atoms with Crippen molar-refractivity contribution in [2.75, 3.05) is 12.3 Å². The fourth-order valence-corrected chi connectivity index (χ4v) is 3.92. The van der Waals surface area contributed by atoms with Crippen molar-refractivity contribution < 1.29 is 13.5 Å². The summed E-state index contributed by atoms with van der Waals surface area (Å²) in [6, 6.07) is 4.77. The molecule has 0 bridgehead atoms. The van der Waals surface area contributed by atoms with Crippen LogP contribution < -0.4 is 10.5 Å². The molecule has 6 heteroatoms. The smallest absolute Gasteiger partial charge is 0.240 e. The normalized spacial score (nSPS) is 18.6. The topological polar surface area (TPSA) is 92.4 Å². The van der Waals surface area contributed by atoms with Crippen LogP contribution in [0.25, 0.3) is 0 Å². The highest BCUT2D eigenvalue weighted by Crippen LogP contribution is 2.28. The van der Waals surface area contributed by atoms with E-state index < -0.39 is 15.6 Å². The molecule has 1 aromatic carbocycles. The molecule has 0 aliphatic heterocycles. The summed E-state index contributed by atoms with van der Waals surface area (Å²) < 4.78 is 27.1. The molecule has 4 N–H and O–H groups in total. The zero-order chi connectivity index (χ0) is 15.5. The van der Waals surface area contributed by atoms with Crippen LogP contribution >= 0.6 is 0 Å². The summed E-state index contributed by atoms with van der Waals surface area (Å²) in [6.07, 6.45) is 5.04. The van der Waals surface area contributed by atoms with Crippen molar-refractivity contribution in [1.29, 1.82) is 0 Å². The molecule has 0 heterocycles. The number of aryl methyl sites for hydroxylation is 1. The van der Waals surface area contributed by atoms with Gasteiger partial charge in [0.25, 0.3) is 0 Å². The predicted molar refractivity (Wildman–Crippen MR) is 83.5 cm³/mol. The molecule has 0 atom stereocenters. The Kier molecular flexibility index (Phi) is 4.91. The Balaban J connectivity index is 2.09. The lowest BCUT2D eigenvalue weighted by atomic mass is 9.85. The Bertz CT molecular complexity index is 593. The van der Waals surface area contributed by atoms with Crippen LogP contribution in [-0.4, -0.2) is 25.7 Å². The first kappa shape index (κ1) is 16.3. The third-order valence-corrected chi connectivity index (χ3v) is 5.58. The lowest BCUT2D eigenvalue weighted by Gasteiger charge is -2.32. The molecule has 0 radical (unpaired) electrons. The first-order chi connectivity index (χ1) is 9.86. The maximum absolute atomic E-state index is 12.3. The summed E-state index contributed by atoms with van der Waals surface area (Å²) in [5.74, 6) is 0. The van der Waals surface area contributed by atoms with Gasteiger partial charge in [0.05, 0.1) is 10.5 Å². The zero-order valence-corrected chi connectivity index (χ0v) is 13.2. The van der Waals surface area contributed by atoms with Gasteiger partial charge in [0.15, 0.2) is 0 Å². The molecule has 1 aromatic rings. The van der Waals surface area contributed by atoms with E-state index in [1.807, 2.05) is 6.92 Å². The Morgan fingerprint density at radius 2 is 1.95 bits per heavy atom. The van der Waals surface area contributed by atoms with Crippen molar-refractivity contribution in [3.8, 4) is 0 Å². The Hall–Kier alpha value is -1.11. The van der Waals surface area contributed by atoms with Gasteiger partial charge >= 0.3 is 0 Å². The molecule has 0 aromatic heterocycles. The van der Waals surface area contributed by atoms with E-state index in [4.69, 9.17) is 5.73 Å². The number of sulfonamides is 1. The summed E-state index contributed by atoms with van der Waals surface area (Å²) in [5.41, 5.74) is 6.35. The summed E-state index contributed by atoms with van der Waals surface area (Å²) >= 11 is 0. The van der Waals surface area contributed by atoms with E-state index in [0.29, 0.717) is 18.5 Å². The molecular formula is C15H24N2O3S. The first-order valence-electron chi connectivity index (χ1n) is 7.47. The van der Waals surface area contributed by atoms with E-state index in [2.05, 4.69) is 4.72 Å². The van der Waals surface area contributed by atoms with Crippen molar-refractivity contribution in [2.45, 2.75) is 55.9 Å². The van der Waals surface area contributed by atoms with Crippen LogP contribution in [0.1, 0.15) is 44.6 Å². The van der Waals surface area contributed by atoms with E-state index in [1.165, 1.54) is 6.07 Å². The van der Waals surface area contributed by atoms with Gasteiger partial charge in [0, 0.05) is 12.2 Å². The summed E-state index contributed by atoms with van der Waals surface area (Å²) in [4.78, 5) is 0.150. The monoisotopic (exact) mass is 312 g/mol. The van der Waals surface area contributed by atoms with Crippen molar-refractivity contribution >= 4 is 15.7 Å². The predicted octanol–water partition coefficient (Wildman–Crippen LogP) is 1.80. The van der Waals surface area contributed by atoms with E-state index in [-0.39, 0.29) is 11.4 Å². The zero-order valence-electron chi connectivity index (χ0n) is 12.4. The highest BCUT2D eigenvalue weighted by Gasteiger charge is 2.30. The number of rotatable bonds is 5. The number of hydrogen-bond acceptors (Lipinski definition) is 4. The Morgan fingerprint density at radius 1 is 1.29 bits per heavy atom. The molecule has 0 amide bonds. The molecule has 0 spiro atoms. The quantitative estimate of drug-likeness (QED) is 0.723. The molecular weight excluding hydrogens is 288 g/mol. The van der Waals surface area contributed by atoms with Crippen LogP contribution in [0.3, 0.4) is 0 Å². The molecule has 1 aliphatic rings. The van der Waals surface area contributed by atoms with Gasteiger partial charge in [0.1, 0.15) is 0 Å². The highest BCUT2D eigenvalue weighted by molar-refractivity contribution is 7.89. The molecule has 5 nitrogen and oxygen atoms in total. The fourth-order valence-electron chi connectivity index (χ4n) is 2.76. The second-order valence-electron chi connectivity index (χ2n) is 5.82. The minimum atomic E-state index is -3.64. The third-order valence-electron chi connectivity index (χ3n) is 4.18. The number of hydrogen-bond donors (Lipinski definition) is 3. The molecule has 0 unspecified atom stereocenters. The van der Waals surface area contributed by atoms with E-state index in [0.717, 1.165) is 31.2 Å². The minimum Gasteiger partial charge on any atom is -0.398 e. The number of nitrogens with one attached hydrogen (secondary N) is 1. The summed E-state index contributed by atoms with van der Waals surface area (Å²) in [7, 11) is -3.64. The average molecular weight is 312 g/mol. The second kappa shape index (κ2) is 6.34. The van der Waals surface area contributed by atoms with Crippen molar-refractivity contribution in [2.24, 2.45) is 0 Å². The number of nitrogens with two attached hydrogens (primary N) is 1. The first-order valence-corrected chi connectivity index (χ1v) is 8.95. The minimum absolute atomic E-state index is 0.0603. The van der Waals surface area contributed by atoms with Crippen LogP contribution in [0, 0.1) is 0 Å². The van der Waals surface area contributed by atoms with Crippen LogP contribution in [-0.2, 0) is 16.4 Å². The largest absolute Gasteiger partial charge is 0.398 e. The van der Waals surface area contributed by atoms with Gasteiger partial charge in [0.2, 0.25) is 10.0 Å². The van der Waals surface area contributed by atoms with Gasteiger partial charge in [-0.1, -0.05) is 32.3 Å². The number of aliphatic hydroxyl groups is 1. The molecule has 1 saturated carbocycles. The fraction of sp³-hybridized carbons (Fsp3) is 0.600. The lowest BCUT2D eigenvalue weighted by Crippen LogP contribution is -2.44. The van der Waals surface area contributed by atoms with Crippen LogP contribution in [0.4, 0.5) is 5.69 Å². The second-order valence-corrected chi connectivity index (χ2v) is 7.59. The third kappa shape index (κ3) is 3.96. The highest BCUT2D eigenvalue weighted by atomic mass is 32.2. The van der Waals surface area contributed by atoms with Crippen LogP contribution in [0.15, 0.2) is 23.1 Å². The van der Waals surface area contributed by atoms with Gasteiger partial charge in [-0.05, 0) is 37.0 Å². The van der Waals surface area contributed by atoms with Gasteiger partial charge < -0.3 is 10.8 Å². The van der Waals surface area contributed by atoms with Gasteiger partial charge in [-0.15, -0.1) is 0 Å². The van der Waals surface area contributed by atoms with Crippen molar-refractivity contribution in [3.63, 3.8) is 0 Å². The maximum atomic E-state index is 12.3. The average Bonchev–Trinajstić information content (AvgIpc) is 2.46. The Labute approximate surface area is 126 Å². The van der Waals surface area contributed by atoms with E-state index >= 15 is 0 Å². The van der Waals surface area contributed by atoms with Crippen LogP contribution in [0.2, 0.25) is 0 Å². The molecule has 0 saturated heterocycles. The number of nitrogen functional groups attached to an aromatic ring is 1. The Morgan fingerprint density at radius 3 is 2.52 bits per heavy atom. The summed E-state index contributed by atoms with van der Waals surface area (Å²) in [6.45, 7) is 2.03. The standard InChI is InChI=1S/C15H24N2O3S/c1-2-12-6-7-13(10-14(12)16)21(19,20)17-11-15(18)8-4-3-5-9-15/h6-7,10,17-18H,2-5,8-9,11,16H2,1H3. The van der Waals surface area contributed by atoms with E-state index in [1.54, 1.807) is 12.1 Å². The van der Waals surface area contributed by atoms with E-state index in [9.17, 15) is 13.5 Å². The lowest BCUT2D eigenvalue weighted by molar-refractivity contribution is 0.00945. The molecule has 1 aliphatic carbocycles. The summed E-state index contributed by atoms with van der Waals surface area (Å²) in [5, 5.41) is 10.4. The molecule has 21 heavy (non-hydrogen) atoms. The van der Waals surface area contributed by atoms with Crippen molar-refractivity contribution in [1.82, 2.24) is 4.72 Å². The number of benzene rings is 1. The molecule has 1 fully saturated rings. The number of anilines is 1. The van der Waals surface area contributed by atoms with Gasteiger partial charge in [-0.2, -0.15) is 0 Å². The molecule has 118 valence electrons. The van der Waals surface area contributed by atoms with Gasteiger partial charge in [-0.25, -0.2) is 13.1 Å². The SMILES string of the molecule is CCc1ccc(S(=O)(=O)NCC2(O)CCCCC2)cc1N.